The Kier molecular flexibility index (Phi) is 2.89. The van der Waals surface area contributed by atoms with Gasteiger partial charge < -0.3 is 9.73 Å². The topological polar surface area (TPSA) is 42.2 Å². The molecule has 1 aromatic heterocycles. The minimum atomic E-state index is -0.109. The van der Waals surface area contributed by atoms with Crippen LogP contribution >= 0.6 is 0 Å². The van der Waals surface area contributed by atoms with Gasteiger partial charge in [0.05, 0.1) is 11.8 Å². The molecule has 18 heavy (non-hydrogen) atoms. The van der Waals surface area contributed by atoms with Crippen LogP contribution in [0.4, 0.5) is 5.69 Å². The molecule has 0 atom stereocenters. The average Bonchev–Trinajstić information content (AvgIpc) is 2.93. The Morgan fingerprint density at radius 1 is 1.17 bits per heavy atom. The first kappa shape index (κ1) is 11.1. The zero-order valence-corrected chi connectivity index (χ0v) is 10.1. The van der Waals surface area contributed by atoms with E-state index in [1.54, 1.807) is 6.07 Å². The highest BCUT2D eigenvalue weighted by molar-refractivity contribution is 6.04. The molecule has 0 unspecified atom stereocenters. The highest BCUT2D eigenvalue weighted by Gasteiger charge is 2.15. The summed E-state index contributed by atoms with van der Waals surface area (Å²) < 4.78 is 4.93. The van der Waals surface area contributed by atoms with Crippen LogP contribution in [0.5, 0.6) is 0 Å². The zero-order valence-electron chi connectivity index (χ0n) is 10.1. The van der Waals surface area contributed by atoms with Gasteiger partial charge >= 0.3 is 0 Å². The number of rotatable bonds is 2. The molecule has 1 heterocycles. The van der Waals surface area contributed by atoms with Gasteiger partial charge in [-0.3, -0.25) is 4.79 Å². The first-order valence-electron chi connectivity index (χ1n) is 6.29. The summed E-state index contributed by atoms with van der Waals surface area (Å²) in [7, 11) is 0. The van der Waals surface area contributed by atoms with E-state index in [1.807, 2.05) is 12.1 Å². The minimum Gasteiger partial charge on any atom is -0.472 e. The number of carbonyl (C=O) groups excluding carboxylic acids is 1. The molecule has 1 N–H and O–H groups in total. The Morgan fingerprint density at radius 2 is 2.06 bits per heavy atom. The molecule has 3 nitrogen and oxygen atoms in total. The van der Waals surface area contributed by atoms with Crippen LogP contribution in [0.25, 0.3) is 0 Å². The van der Waals surface area contributed by atoms with Crippen molar-refractivity contribution < 1.29 is 9.21 Å². The Labute approximate surface area is 106 Å². The van der Waals surface area contributed by atoms with Crippen LogP contribution in [0.3, 0.4) is 0 Å². The van der Waals surface area contributed by atoms with Crippen molar-refractivity contribution in [3.05, 3.63) is 53.5 Å². The summed E-state index contributed by atoms with van der Waals surface area (Å²) in [6.07, 6.45) is 7.58. The molecule has 3 heteroatoms. The number of hydrogen-bond donors (Lipinski definition) is 1. The van der Waals surface area contributed by atoms with Crippen LogP contribution in [0.1, 0.15) is 34.3 Å². The van der Waals surface area contributed by atoms with Gasteiger partial charge in [0.15, 0.2) is 0 Å². The maximum absolute atomic E-state index is 12.0. The second kappa shape index (κ2) is 4.69. The summed E-state index contributed by atoms with van der Waals surface area (Å²) in [6.45, 7) is 0. The first-order chi connectivity index (χ1) is 8.84. The molecule has 0 bridgehead atoms. The Hall–Kier alpha value is -2.03. The fraction of sp³-hybridized carbons (Fsp3) is 0.267. The van der Waals surface area contributed by atoms with Crippen molar-refractivity contribution in [1.82, 2.24) is 0 Å². The number of carbonyl (C=O) groups is 1. The summed E-state index contributed by atoms with van der Waals surface area (Å²) in [5.41, 5.74) is 4.16. The van der Waals surface area contributed by atoms with Gasteiger partial charge in [0.2, 0.25) is 0 Å². The Balaban J connectivity index is 1.87. The largest absolute Gasteiger partial charge is 0.472 e. The molecule has 0 radical (unpaired) electrons. The van der Waals surface area contributed by atoms with E-state index >= 15 is 0 Å². The van der Waals surface area contributed by atoms with Crippen LogP contribution in [0.2, 0.25) is 0 Å². The van der Waals surface area contributed by atoms with Gasteiger partial charge in [0.1, 0.15) is 6.26 Å². The third kappa shape index (κ3) is 2.04. The standard InChI is InChI=1S/C15H15NO2/c17-15(12-8-9-18-10-12)16-14-7-3-5-11-4-1-2-6-13(11)14/h3,5,7-10H,1-2,4,6H2,(H,16,17). The lowest BCUT2D eigenvalue weighted by Crippen LogP contribution is -2.14. The first-order valence-corrected chi connectivity index (χ1v) is 6.29. The molecule has 1 amide bonds. The van der Waals surface area contributed by atoms with E-state index in [4.69, 9.17) is 4.42 Å². The predicted molar refractivity (Wildman–Crippen MR) is 69.7 cm³/mol. The van der Waals surface area contributed by atoms with Crippen molar-refractivity contribution in [2.75, 3.05) is 5.32 Å². The number of benzene rings is 1. The molecule has 1 aliphatic carbocycles. The molecule has 0 spiro atoms. The van der Waals surface area contributed by atoms with E-state index in [1.165, 1.54) is 36.5 Å². The van der Waals surface area contributed by atoms with Gasteiger partial charge in [-0.05, 0) is 48.9 Å². The van der Waals surface area contributed by atoms with Gasteiger partial charge in [-0.1, -0.05) is 12.1 Å². The number of nitrogens with one attached hydrogen (secondary N) is 1. The SMILES string of the molecule is O=C(Nc1cccc2c1CCCC2)c1ccoc1. The lowest BCUT2D eigenvalue weighted by Gasteiger charge is -2.19. The van der Waals surface area contributed by atoms with Gasteiger partial charge in [0, 0.05) is 5.69 Å². The zero-order chi connectivity index (χ0) is 12.4. The molecule has 1 aliphatic rings. The maximum atomic E-state index is 12.0. The molecular formula is C15H15NO2. The van der Waals surface area contributed by atoms with E-state index in [2.05, 4.69) is 11.4 Å². The Morgan fingerprint density at radius 3 is 2.89 bits per heavy atom. The fourth-order valence-electron chi connectivity index (χ4n) is 2.49. The van der Waals surface area contributed by atoms with Gasteiger partial charge in [-0.15, -0.1) is 0 Å². The predicted octanol–water partition coefficient (Wildman–Crippen LogP) is 3.41. The van der Waals surface area contributed by atoms with E-state index in [0.717, 1.165) is 18.5 Å². The van der Waals surface area contributed by atoms with Crippen molar-refractivity contribution in [3.8, 4) is 0 Å². The Bertz CT molecular complexity index is 558. The molecule has 0 saturated carbocycles. The number of fused-ring (bicyclic) bond motifs is 1. The fourth-order valence-corrected chi connectivity index (χ4v) is 2.49. The molecule has 0 saturated heterocycles. The third-order valence-electron chi connectivity index (χ3n) is 3.43. The quantitative estimate of drug-likeness (QED) is 0.875. The molecule has 92 valence electrons. The second-order valence-electron chi connectivity index (χ2n) is 4.62. The summed E-state index contributed by atoms with van der Waals surface area (Å²) >= 11 is 0. The molecular weight excluding hydrogens is 226 g/mol. The van der Waals surface area contributed by atoms with Gasteiger partial charge in [0.25, 0.3) is 5.91 Å². The van der Waals surface area contributed by atoms with Crippen molar-refractivity contribution >= 4 is 11.6 Å². The van der Waals surface area contributed by atoms with E-state index < -0.39 is 0 Å². The molecule has 2 aromatic rings. The van der Waals surface area contributed by atoms with Crippen molar-refractivity contribution in [2.45, 2.75) is 25.7 Å². The number of furan rings is 1. The van der Waals surface area contributed by atoms with Crippen LogP contribution in [0, 0.1) is 0 Å². The number of anilines is 1. The van der Waals surface area contributed by atoms with Crippen LogP contribution in [0.15, 0.2) is 41.2 Å². The lowest BCUT2D eigenvalue weighted by molar-refractivity contribution is 0.102. The summed E-state index contributed by atoms with van der Waals surface area (Å²) in [6, 6.07) is 7.81. The summed E-state index contributed by atoms with van der Waals surface area (Å²) in [5.74, 6) is -0.109. The van der Waals surface area contributed by atoms with E-state index in [0.29, 0.717) is 5.56 Å². The molecule has 3 rings (SSSR count). The average molecular weight is 241 g/mol. The number of aryl methyl sites for hydroxylation is 1. The summed E-state index contributed by atoms with van der Waals surface area (Å²) in [4.78, 5) is 12.0. The van der Waals surface area contributed by atoms with E-state index in [-0.39, 0.29) is 5.91 Å². The van der Waals surface area contributed by atoms with Crippen LogP contribution in [-0.2, 0) is 12.8 Å². The third-order valence-corrected chi connectivity index (χ3v) is 3.43. The summed E-state index contributed by atoms with van der Waals surface area (Å²) in [5, 5.41) is 2.97. The van der Waals surface area contributed by atoms with Gasteiger partial charge in [-0.25, -0.2) is 0 Å². The van der Waals surface area contributed by atoms with Gasteiger partial charge in [-0.2, -0.15) is 0 Å². The molecule has 0 fully saturated rings. The molecule has 1 aromatic carbocycles. The van der Waals surface area contributed by atoms with Crippen LogP contribution < -0.4 is 5.32 Å². The monoisotopic (exact) mass is 241 g/mol. The number of amides is 1. The van der Waals surface area contributed by atoms with Crippen molar-refractivity contribution in [1.29, 1.82) is 0 Å². The highest BCUT2D eigenvalue weighted by atomic mass is 16.3. The molecule has 0 aliphatic heterocycles. The van der Waals surface area contributed by atoms with E-state index in [9.17, 15) is 4.79 Å². The lowest BCUT2D eigenvalue weighted by atomic mass is 9.90. The maximum Gasteiger partial charge on any atom is 0.258 e. The smallest absolute Gasteiger partial charge is 0.258 e. The minimum absolute atomic E-state index is 0.109. The highest BCUT2D eigenvalue weighted by Crippen LogP contribution is 2.28. The van der Waals surface area contributed by atoms with Crippen LogP contribution in [-0.4, -0.2) is 5.91 Å². The second-order valence-corrected chi connectivity index (χ2v) is 4.62. The van der Waals surface area contributed by atoms with Crippen molar-refractivity contribution in [2.24, 2.45) is 0 Å². The normalized spacial score (nSPS) is 14.0. The number of hydrogen-bond acceptors (Lipinski definition) is 2. The van der Waals surface area contributed by atoms with Crippen molar-refractivity contribution in [3.63, 3.8) is 0 Å².